The SMILES string of the molecule is CCCn1ncnc1CC(NN)c1cc(F)c(Cl)cc1F. The van der Waals surface area contributed by atoms with E-state index < -0.39 is 17.7 Å². The van der Waals surface area contributed by atoms with E-state index in [1.54, 1.807) is 4.68 Å². The summed E-state index contributed by atoms with van der Waals surface area (Å²) in [6.45, 7) is 2.71. The Morgan fingerprint density at radius 2 is 2.14 bits per heavy atom. The van der Waals surface area contributed by atoms with Gasteiger partial charge in [-0.05, 0) is 18.6 Å². The fourth-order valence-electron chi connectivity index (χ4n) is 2.09. The molecule has 0 aliphatic carbocycles. The van der Waals surface area contributed by atoms with Gasteiger partial charge in [0.25, 0.3) is 0 Å². The maximum Gasteiger partial charge on any atom is 0.142 e. The van der Waals surface area contributed by atoms with Gasteiger partial charge < -0.3 is 0 Å². The maximum absolute atomic E-state index is 14.0. The standard InChI is InChI=1S/C13H16ClF2N5/c1-2-3-21-13(18-7-19-21)6-12(20-17)8-4-11(16)9(14)5-10(8)15/h4-5,7,12,20H,2-3,6,17H2,1H3. The van der Waals surface area contributed by atoms with Gasteiger partial charge >= 0.3 is 0 Å². The van der Waals surface area contributed by atoms with E-state index in [1.165, 1.54) is 6.33 Å². The highest BCUT2D eigenvalue weighted by atomic mass is 35.5. The van der Waals surface area contributed by atoms with Crippen molar-refractivity contribution in [1.82, 2.24) is 20.2 Å². The summed E-state index contributed by atoms with van der Waals surface area (Å²) in [6, 6.07) is 1.35. The fraction of sp³-hybridized carbons (Fsp3) is 0.385. The Morgan fingerprint density at radius 3 is 2.81 bits per heavy atom. The molecule has 114 valence electrons. The van der Waals surface area contributed by atoms with Crippen molar-refractivity contribution < 1.29 is 8.78 Å². The summed E-state index contributed by atoms with van der Waals surface area (Å²) in [7, 11) is 0. The summed E-state index contributed by atoms with van der Waals surface area (Å²) in [5.41, 5.74) is 2.58. The Balaban J connectivity index is 2.28. The Kier molecular flexibility index (Phi) is 5.22. The van der Waals surface area contributed by atoms with Crippen molar-refractivity contribution in [2.24, 2.45) is 5.84 Å². The van der Waals surface area contributed by atoms with E-state index in [4.69, 9.17) is 17.4 Å². The van der Waals surface area contributed by atoms with Gasteiger partial charge in [-0.25, -0.2) is 13.8 Å². The number of nitrogens with one attached hydrogen (secondary N) is 1. The van der Waals surface area contributed by atoms with Crippen molar-refractivity contribution in [3.63, 3.8) is 0 Å². The lowest BCUT2D eigenvalue weighted by Crippen LogP contribution is -2.31. The Bertz CT molecular complexity index is 617. The summed E-state index contributed by atoms with van der Waals surface area (Å²) in [6.07, 6.45) is 2.60. The van der Waals surface area contributed by atoms with Crippen molar-refractivity contribution in [2.45, 2.75) is 32.4 Å². The van der Waals surface area contributed by atoms with E-state index in [2.05, 4.69) is 15.5 Å². The molecule has 0 bridgehead atoms. The van der Waals surface area contributed by atoms with Crippen LogP contribution in [0.2, 0.25) is 5.02 Å². The topological polar surface area (TPSA) is 68.8 Å². The minimum Gasteiger partial charge on any atom is -0.271 e. The first-order valence-corrected chi connectivity index (χ1v) is 6.91. The molecule has 0 radical (unpaired) electrons. The maximum atomic E-state index is 14.0. The molecular formula is C13H16ClF2N5. The zero-order valence-corrected chi connectivity index (χ0v) is 12.2. The number of aryl methyl sites for hydroxylation is 1. The van der Waals surface area contributed by atoms with E-state index in [0.717, 1.165) is 18.6 Å². The zero-order valence-electron chi connectivity index (χ0n) is 11.5. The predicted molar refractivity (Wildman–Crippen MR) is 75.4 cm³/mol. The number of halogens is 3. The first-order valence-electron chi connectivity index (χ1n) is 6.54. The Labute approximate surface area is 126 Å². The van der Waals surface area contributed by atoms with Crippen molar-refractivity contribution in [3.05, 3.63) is 46.5 Å². The highest BCUT2D eigenvalue weighted by Gasteiger charge is 2.20. The number of rotatable bonds is 6. The molecule has 0 aliphatic rings. The number of benzene rings is 1. The second-order valence-electron chi connectivity index (χ2n) is 4.61. The predicted octanol–water partition coefficient (Wildman–Crippen LogP) is 2.37. The van der Waals surface area contributed by atoms with Gasteiger partial charge in [-0.1, -0.05) is 18.5 Å². The average molecular weight is 316 g/mol. The van der Waals surface area contributed by atoms with Crippen LogP contribution >= 0.6 is 11.6 Å². The Hall–Kier alpha value is -1.57. The van der Waals surface area contributed by atoms with Crippen LogP contribution in [0.1, 0.15) is 30.8 Å². The van der Waals surface area contributed by atoms with Crippen molar-refractivity contribution >= 4 is 11.6 Å². The third kappa shape index (κ3) is 3.55. The van der Waals surface area contributed by atoms with Gasteiger partial charge in [-0.3, -0.25) is 16.0 Å². The van der Waals surface area contributed by atoms with Gasteiger partial charge in [0.2, 0.25) is 0 Å². The minimum absolute atomic E-state index is 0.102. The van der Waals surface area contributed by atoms with Crippen LogP contribution in [0.3, 0.4) is 0 Å². The molecule has 0 saturated carbocycles. The third-order valence-corrected chi connectivity index (χ3v) is 3.42. The summed E-state index contributed by atoms with van der Waals surface area (Å²) < 4.78 is 29.2. The molecule has 0 aliphatic heterocycles. The average Bonchev–Trinajstić information content (AvgIpc) is 2.88. The van der Waals surface area contributed by atoms with E-state index in [9.17, 15) is 8.78 Å². The van der Waals surface area contributed by atoms with Crippen molar-refractivity contribution in [1.29, 1.82) is 0 Å². The molecule has 1 unspecified atom stereocenters. The van der Waals surface area contributed by atoms with Gasteiger partial charge in [-0.2, -0.15) is 5.10 Å². The number of hydrogen-bond acceptors (Lipinski definition) is 4. The summed E-state index contributed by atoms with van der Waals surface area (Å²) in [4.78, 5) is 4.13. The fourth-order valence-corrected chi connectivity index (χ4v) is 2.24. The molecule has 1 aromatic heterocycles. The molecule has 8 heteroatoms. The van der Waals surface area contributed by atoms with Crippen LogP contribution in [0.4, 0.5) is 8.78 Å². The molecule has 0 fully saturated rings. The van der Waals surface area contributed by atoms with E-state index in [1.807, 2.05) is 6.92 Å². The van der Waals surface area contributed by atoms with Crippen molar-refractivity contribution in [2.75, 3.05) is 0 Å². The normalized spacial score (nSPS) is 12.6. The zero-order chi connectivity index (χ0) is 15.4. The summed E-state index contributed by atoms with van der Waals surface area (Å²) in [5, 5.41) is 3.83. The quantitative estimate of drug-likeness (QED) is 0.488. The van der Waals surface area contributed by atoms with Crippen molar-refractivity contribution in [3.8, 4) is 0 Å². The lowest BCUT2D eigenvalue weighted by molar-refractivity contribution is 0.474. The molecular weight excluding hydrogens is 300 g/mol. The lowest BCUT2D eigenvalue weighted by atomic mass is 10.0. The number of aromatic nitrogens is 3. The molecule has 21 heavy (non-hydrogen) atoms. The van der Waals surface area contributed by atoms with Crippen LogP contribution in [-0.4, -0.2) is 14.8 Å². The van der Waals surface area contributed by atoms with Crippen LogP contribution < -0.4 is 11.3 Å². The molecule has 1 heterocycles. The second kappa shape index (κ2) is 6.93. The second-order valence-corrected chi connectivity index (χ2v) is 5.02. The van der Waals surface area contributed by atoms with E-state index in [-0.39, 0.29) is 17.0 Å². The third-order valence-electron chi connectivity index (χ3n) is 3.13. The largest absolute Gasteiger partial charge is 0.271 e. The molecule has 1 atom stereocenters. The molecule has 2 rings (SSSR count). The van der Waals surface area contributed by atoms with Crippen LogP contribution in [-0.2, 0) is 13.0 Å². The molecule has 0 saturated heterocycles. The van der Waals surface area contributed by atoms with Crippen LogP contribution in [0.25, 0.3) is 0 Å². The number of nitrogens with two attached hydrogens (primary N) is 1. The molecule has 3 N–H and O–H groups in total. The Morgan fingerprint density at radius 1 is 1.38 bits per heavy atom. The van der Waals surface area contributed by atoms with E-state index >= 15 is 0 Å². The van der Waals surface area contributed by atoms with E-state index in [0.29, 0.717) is 12.4 Å². The first-order chi connectivity index (χ1) is 10.1. The van der Waals surface area contributed by atoms with Gasteiger partial charge in [0.05, 0.1) is 11.1 Å². The lowest BCUT2D eigenvalue weighted by Gasteiger charge is -2.17. The number of hydrazine groups is 1. The summed E-state index contributed by atoms with van der Waals surface area (Å²) in [5.74, 6) is 4.81. The molecule has 0 amide bonds. The minimum atomic E-state index is -0.691. The van der Waals surface area contributed by atoms with Crippen LogP contribution in [0.15, 0.2) is 18.5 Å². The highest BCUT2D eigenvalue weighted by molar-refractivity contribution is 6.30. The number of nitrogens with zero attached hydrogens (tertiary/aromatic N) is 3. The monoisotopic (exact) mass is 315 g/mol. The van der Waals surface area contributed by atoms with Gasteiger partial charge in [-0.15, -0.1) is 0 Å². The first kappa shape index (κ1) is 15.8. The molecule has 5 nitrogen and oxygen atoms in total. The molecule has 1 aromatic carbocycles. The van der Waals surface area contributed by atoms with Crippen LogP contribution in [0.5, 0.6) is 0 Å². The summed E-state index contributed by atoms with van der Waals surface area (Å²) >= 11 is 5.55. The molecule has 2 aromatic rings. The smallest absolute Gasteiger partial charge is 0.142 e. The highest BCUT2D eigenvalue weighted by Crippen LogP contribution is 2.25. The number of hydrogen-bond donors (Lipinski definition) is 2. The van der Waals surface area contributed by atoms with Gasteiger partial charge in [0.1, 0.15) is 23.8 Å². The van der Waals surface area contributed by atoms with Gasteiger partial charge in [0.15, 0.2) is 0 Å². The van der Waals surface area contributed by atoms with Crippen LogP contribution in [0, 0.1) is 11.6 Å². The van der Waals surface area contributed by atoms with Gasteiger partial charge in [0, 0.05) is 18.5 Å². The molecule has 0 spiro atoms.